The summed E-state index contributed by atoms with van der Waals surface area (Å²) < 4.78 is 0. The Hall–Kier alpha value is 0. The molecule has 0 heterocycles. The first kappa shape index (κ1) is 30.0. The Bertz CT molecular complexity index is 334. The Morgan fingerprint density at radius 3 is 0.562 bits per heavy atom. The minimum Gasteiger partial charge on any atom is -0.0625 e. The summed E-state index contributed by atoms with van der Waals surface area (Å²) in [5, 5.41) is 0. The molecule has 4 unspecified atom stereocenters. The summed E-state index contributed by atoms with van der Waals surface area (Å²) in [7, 11) is 0. The van der Waals surface area contributed by atoms with E-state index >= 15 is 0 Å². The summed E-state index contributed by atoms with van der Waals surface area (Å²) >= 11 is 0. The Kier molecular flexibility index (Phi) is 16.4. The maximum Gasteiger partial charge on any atom is -0.0440 e. The first-order valence-electron chi connectivity index (χ1n) is 15.2. The molecule has 0 heteroatoms. The zero-order chi connectivity index (χ0) is 23.9. The predicted octanol–water partition coefficient (Wildman–Crippen LogP) is 11.3. The summed E-state index contributed by atoms with van der Waals surface area (Å²) in [4.78, 5) is 0. The van der Waals surface area contributed by atoms with Gasteiger partial charge in [0.2, 0.25) is 0 Å². The van der Waals surface area contributed by atoms with Crippen molar-refractivity contribution in [2.75, 3.05) is 0 Å². The molecule has 0 N–H and O–H groups in total. The molecule has 0 saturated heterocycles. The molecule has 0 aromatic rings. The van der Waals surface area contributed by atoms with Crippen LogP contribution in [0.25, 0.3) is 0 Å². The maximum atomic E-state index is 2.37. The van der Waals surface area contributed by atoms with Crippen LogP contribution >= 0.6 is 0 Å². The van der Waals surface area contributed by atoms with Crippen molar-refractivity contribution in [3.8, 4) is 0 Å². The van der Waals surface area contributed by atoms with Crippen LogP contribution < -0.4 is 0 Å². The molecule has 4 atom stereocenters. The molecular formula is C32H64. The molecule has 4 aliphatic rings. The normalized spacial score (nSPS) is 39.8. The van der Waals surface area contributed by atoms with Crippen LogP contribution in [-0.2, 0) is 0 Å². The monoisotopic (exact) mass is 449 g/mol. The van der Waals surface area contributed by atoms with Gasteiger partial charge in [0.1, 0.15) is 0 Å². The number of hydrogen-bond acceptors (Lipinski definition) is 0. The van der Waals surface area contributed by atoms with Gasteiger partial charge in [0.15, 0.2) is 0 Å². The molecule has 32 heavy (non-hydrogen) atoms. The molecule has 0 spiro atoms. The third kappa shape index (κ3) is 15.8. The van der Waals surface area contributed by atoms with E-state index in [0.29, 0.717) is 0 Å². The summed E-state index contributed by atoms with van der Waals surface area (Å²) in [6, 6.07) is 0. The van der Waals surface area contributed by atoms with Gasteiger partial charge >= 0.3 is 0 Å². The molecule has 4 fully saturated rings. The van der Waals surface area contributed by atoms with Gasteiger partial charge in [-0.25, -0.2) is 0 Å². The smallest absolute Gasteiger partial charge is 0.0440 e. The van der Waals surface area contributed by atoms with Crippen LogP contribution in [0.2, 0.25) is 0 Å². The Morgan fingerprint density at radius 2 is 0.438 bits per heavy atom. The fourth-order valence-electron chi connectivity index (χ4n) is 6.33. The van der Waals surface area contributed by atoms with Crippen molar-refractivity contribution in [1.29, 1.82) is 0 Å². The topological polar surface area (TPSA) is 0 Å². The van der Waals surface area contributed by atoms with E-state index in [1.165, 1.54) is 103 Å². The molecule has 0 aliphatic heterocycles. The molecule has 0 aromatic heterocycles. The van der Waals surface area contributed by atoms with Crippen molar-refractivity contribution in [1.82, 2.24) is 0 Å². The number of rotatable bonds is 0. The van der Waals surface area contributed by atoms with Gasteiger partial charge in [-0.15, -0.1) is 0 Å². The van der Waals surface area contributed by atoms with Gasteiger partial charge in [0.05, 0.1) is 0 Å². The van der Waals surface area contributed by atoms with Gasteiger partial charge in [-0.3, -0.25) is 0 Å². The standard InChI is InChI=1S/4C8H16/c2*1-7-3-5-8(2)6-4-7;2*1-7-4-3-5-8(2)6-7/h4*7-8H,3-6H2,1-2H3. The third-order valence-corrected chi connectivity index (χ3v) is 9.01. The number of hydrogen-bond donors (Lipinski definition) is 0. The Balaban J connectivity index is 0.000000213. The molecule has 0 bridgehead atoms. The Morgan fingerprint density at radius 1 is 0.250 bits per heavy atom. The molecule has 4 rings (SSSR count). The predicted molar refractivity (Wildman–Crippen MR) is 147 cm³/mol. The highest BCUT2D eigenvalue weighted by Gasteiger charge is 2.15. The SMILES string of the molecule is CC1CCC(C)CC1.CC1CCC(C)CC1.CC1CCCC(C)C1.CC1CCCC(C)C1. The van der Waals surface area contributed by atoms with Crippen molar-refractivity contribution < 1.29 is 0 Å². The van der Waals surface area contributed by atoms with E-state index in [2.05, 4.69) is 55.4 Å². The maximum absolute atomic E-state index is 2.37. The highest BCUT2D eigenvalue weighted by atomic mass is 14.2. The van der Waals surface area contributed by atoms with Crippen molar-refractivity contribution >= 4 is 0 Å². The van der Waals surface area contributed by atoms with Crippen LogP contribution in [0.3, 0.4) is 0 Å². The lowest BCUT2D eigenvalue weighted by Crippen LogP contribution is -2.09. The minimum absolute atomic E-state index is 1.01. The van der Waals surface area contributed by atoms with Gasteiger partial charge in [0.25, 0.3) is 0 Å². The minimum atomic E-state index is 1.01. The van der Waals surface area contributed by atoms with Crippen molar-refractivity contribution in [2.45, 2.75) is 158 Å². The van der Waals surface area contributed by atoms with Gasteiger partial charge in [-0.05, 0) is 60.2 Å². The summed E-state index contributed by atoms with van der Waals surface area (Å²) in [5.41, 5.74) is 0. The zero-order valence-electron chi connectivity index (χ0n) is 23.9. The van der Waals surface area contributed by atoms with E-state index in [-0.39, 0.29) is 0 Å². The van der Waals surface area contributed by atoms with E-state index in [4.69, 9.17) is 0 Å². The average molecular weight is 449 g/mol. The van der Waals surface area contributed by atoms with Gasteiger partial charge in [-0.1, -0.05) is 145 Å². The second kappa shape index (κ2) is 17.4. The van der Waals surface area contributed by atoms with E-state index < -0.39 is 0 Å². The zero-order valence-corrected chi connectivity index (χ0v) is 23.9. The van der Waals surface area contributed by atoms with E-state index in [0.717, 1.165) is 47.3 Å². The molecule has 0 aromatic carbocycles. The molecule has 0 nitrogen and oxygen atoms in total. The summed E-state index contributed by atoms with van der Waals surface area (Å²) in [5.74, 6) is 8.13. The van der Waals surface area contributed by atoms with Crippen molar-refractivity contribution in [3.63, 3.8) is 0 Å². The van der Waals surface area contributed by atoms with E-state index in [1.807, 2.05) is 0 Å². The van der Waals surface area contributed by atoms with Crippen LogP contribution in [0, 0.1) is 47.3 Å². The highest BCUT2D eigenvalue weighted by Crippen LogP contribution is 2.29. The fraction of sp³-hybridized carbons (Fsp3) is 1.00. The lowest BCUT2D eigenvalue weighted by molar-refractivity contribution is 0.301. The molecule has 0 radical (unpaired) electrons. The van der Waals surface area contributed by atoms with E-state index in [9.17, 15) is 0 Å². The first-order chi connectivity index (χ1) is 15.2. The highest BCUT2D eigenvalue weighted by molar-refractivity contribution is 4.68. The van der Waals surface area contributed by atoms with Crippen molar-refractivity contribution in [2.24, 2.45) is 47.3 Å². The lowest BCUT2D eigenvalue weighted by Gasteiger charge is -2.22. The average Bonchev–Trinajstić information content (AvgIpc) is 2.73. The van der Waals surface area contributed by atoms with Gasteiger partial charge in [0, 0.05) is 0 Å². The second-order valence-electron chi connectivity index (χ2n) is 13.5. The molecule has 192 valence electrons. The van der Waals surface area contributed by atoms with Gasteiger partial charge in [-0.2, -0.15) is 0 Å². The lowest BCUT2D eigenvalue weighted by atomic mass is 9.84. The first-order valence-corrected chi connectivity index (χ1v) is 15.2. The fourth-order valence-corrected chi connectivity index (χ4v) is 6.33. The largest absolute Gasteiger partial charge is 0.0625 e. The van der Waals surface area contributed by atoms with E-state index in [1.54, 1.807) is 0 Å². The molecule has 4 aliphatic carbocycles. The van der Waals surface area contributed by atoms with Crippen LogP contribution in [0.15, 0.2) is 0 Å². The van der Waals surface area contributed by atoms with Crippen molar-refractivity contribution in [3.05, 3.63) is 0 Å². The van der Waals surface area contributed by atoms with Crippen LogP contribution in [0.1, 0.15) is 158 Å². The molecular weight excluding hydrogens is 384 g/mol. The Labute approximate surface area is 205 Å². The van der Waals surface area contributed by atoms with Crippen LogP contribution in [0.4, 0.5) is 0 Å². The van der Waals surface area contributed by atoms with Crippen LogP contribution in [-0.4, -0.2) is 0 Å². The van der Waals surface area contributed by atoms with Crippen LogP contribution in [0.5, 0.6) is 0 Å². The quantitative estimate of drug-likeness (QED) is 0.345. The summed E-state index contributed by atoms with van der Waals surface area (Å²) in [6.45, 7) is 19.0. The second-order valence-corrected chi connectivity index (χ2v) is 13.5. The molecule has 4 saturated carbocycles. The third-order valence-electron chi connectivity index (χ3n) is 9.01. The summed E-state index contributed by atoms with van der Waals surface area (Å²) in [6.07, 6.45) is 23.6. The molecule has 0 amide bonds. The van der Waals surface area contributed by atoms with Gasteiger partial charge < -0.3 is 0 Å².